The van der Waals surface area contributed by atoms with Gasteiger partial charge < -0.3 is 10.1 Å². The number of aryl methyl sites for hydroxylation is 2. The predicted molar refractivity (Wildman–Crippen MR) is 106 cm³/mol. The van der Waals surface area contributed by atoms with Gasteiger partial charge in [0.05, 0.1) is 15.6 Å². The van der Waals surface area contributed by atoms with Gasteiger partial charge in [0.25, 0.3) is 11.6 Å². The van der Waals surface area contributed by atoms with Gasteiger partial charge in [0.1, 0.15) is 0 Å². The van der Waals surface area contributed by atoms with Crippen molar-refractivity contribution >= 4 is 35.0 Å². The summed E-state index contributed by atoms with van der Waals surface area (Å²) in [6.45, 7) is 1.50. The molecule has 2 aromatic carbocycles. The molecule has 8 heteroatoms. The molecule has 2 aromatic rings. The van der Waals surface area contributed by atoms with Crippen LogP contribution in [0.15, 0.2) is 47.4 Å². The Hall–Kier alpha value is -2.87. The van der Waals surface area contributed by atoms with Gasteiger partial charge >= 0.3 is 5.97 Å². The molecule has 0 aliphatic heterocycles. The molecular formula is C20H20N2O5S. The molecule has 0 heterocycles. The van der Waals surface area contributed by atoms with Crippen LogP contribution in [0.1, 0.15) is 24.5 Å². The summed E-state index contributed by atoms with van der Waals surface area (Å²) in [5, 5.41) is 13.8. The monoisotopic (exact) mass is 400 g/mol. The topological polar surface area (TPSA) is 98.5 Å². The van der Waals surface area contributed by atoms with Crippen LogP contribution in [0.5, 0.6) is 0 Å². The second-order valence-electron chi connectivity index (χ2n) is 6.47. The third kappa shape index (κ3) is 4.89. The van der Waals surface area contributed by atoms with E-state index in [0.717, 1.165) is 31.0 Å². The van der Waals surface area contributed by atoms with E-state index in [1.165, 1.54) is 24.1 Å². The Balaban J connectivity index is 1.51. The second-order valence-corrected chi connectivity index (χ2v) is 7.49. The highest BCUT2D eigenvalue weighted by molar-refractivity contribution is 8.00. The number of carbonyl (C=O) groups is 2. The van der Waals surface area contributed by atoms with E-state index >= 15 is 0 Å². The molecule has 1 aliphatic carbocycles. The van der Waals surface area contributed by atoms with Crippen molar-refractivity contribution in [2.75, 3.05) is 11.1 Å². The Morgan fingerprint density at radius 3 is 2.75 bits per heavy atom. The summed E-state index contributed by atoms with van der Waals surface area (Å²) in [5.41, 5.74) is 3.17. The number of ether oxygens (including phenoxy) is 1. The van der Waals surface area contributed by atoms with Crippen molar-refractivity contribution in [2.45, 2.75) is 37.2 Å². The molecule has 0 saturated carbocycles. The summed E-state index contributed by atoms with van der Waals surface area (Å²) in [7, 11) is 0. The van der Waals surface area contributed by atoms with E-state index < -0.39 is 22.9 Å². The number of nitrogens with one attached hydrogen (secondary N) is 1. The first kappa shape index (κ1) is 19.9. The fourth-order valence-electron chi connectivity index (χ4n) is 3.04. The van der Waals surface area contributed by atoms with Crippen molar-refractivity contribution in [2.24, 2.45) is 0 Å². The molecule has 1 aliphatic rings. The minimum Gasteiger partial charge on any atom is -0.452 e. The number of nitro groups is 1. The van der Waals surface area contributed by atoms with Crippen LogP contribution < -0.4 is 5.32 Å². The minimum absolute atomic E-state index is 0.0669. The number of para-hydroxylation sites is 1. The van der Waals surface area contributed by atoms with Crippen molar-refractivity contribution in [1.29, 1.82) is 0 Å². The molecule has 146 valence electrons. The van der Waals surface area contributed by atoms with E-state index in [1.54, 1.807) is 18.2 Å². The van der Waals surface area contributed by atoms with Gasteiger partial charge in [0.15, 0.2) is 6.10 Å². The summed E-state index contributed by atoms with van der Waals surface area (Å²) in [6.07, 6.45) is 2.23. The number of nitrogens with zero attached hydrogens (tertiary/aromatic N) is 1. The van der Waals surface area contributed by atoms with Gasteiger partial charge in [-0.1, -0.05) is 18.2 Å². The molecule has 7 nitrogen and oxygen atoms in total. The van der Waals surface area contributed by atoms with Gasteiger partial charge in [-0.2, -0.15) is 0 Å². The maximum atomic E-state index is 12.3. The summed E-state index contributed by atoms with van der Waals surface area (Å²) >= 11 is 1.01. The zero-order chi connectivity index (χ0) is 20.1. The zero-order valence-electron chi connectivity index (χ0n) is 15.3. The lowest BCUT2D eigenvalue weighted by Crippen LogP contribution is -2.30. The molecule has 0 aromatic heterocycles. The summed E-state index contributed by atoms with van der Waals surface area (Å²) < 4.78 is 5.16. The van der Waals surface area contributed by atoms with Gasteiger partial charge in [-0.15, -0.1) is 11.8 Å². The minimum atomic E-state index is -0.966. The Morgan fingerprint density at radius 1 is 1.21 bits per heavy atom. The number of carbonyl (C=O) groups excluding carboxylic acids is 2. The number of esters is 1. The second kappa shape index (κ2) is 8.88. The molecule has 0 spiro atoms. The molecule has 0 bridgehead atoms. The highest BCUT2D eigenvalue weighted by atomic mass is 32.2. The lowest BCUT2D eigenvalue weighted by Gasteiger charge is -2.14. The predicted octanol–water partition coefficient (Wildman–Crippen LogP) is 3.75. The Bertz CT molecular complexity index is 915. The number of amides is 1. The van der Waals surface area contributed by atoms with E-state index in [9.17, 15) is 19.7 Å². The van der Waals surface area contributed by atoms with Crippen molar-refractivity contribution in [3.63, 3.8) is 0 Å². The van der Waals surface area contributed by atoms with Crippen molar-refractivity contribution in [3.05, 3.63) is 63.7 Å². The van der Waals surface area contributed by atoms with Crippen LogP contribution in [0.25, 0.3) is 0 Å². The Labute approximate surface area is 166 Å². The standard InChI is InChI=1S/C20H20N2O5S/c1-13(20(24)21-16-10-9-14-5-4-6-15(14)11-16)27-19(23)12-28-18-8-3-2-7-17(18)22(25)26/h2-3,7-11,13H,4-6,12H2,1H3,(H,21,24)/t13-/m1/s1. The summed E-state index contributed by atoms with van der Waals surface area (Å²) in [5.74, 6) is -1.15. The molecule has 3 rings (SSSR count). The Kier molecular flexibility index (Phi) is 6.30. The van der Waals surface area contributed by atoms with Gasteiger partial charge in [0.2, 0.25) is 0 Å². The van der Waals surface area contributed by atoms with Crippen LogP contribution in [-0.2, 0) is 27.2 Å². The van der Waals surface area contributed by atoms with Gasteiger partial charge in [0, 0.05) is 11.8 Å². The van der Waals surface area contributed by atoms with Gasteiger partial charge in [-0.05, 0) is 55.5 Å². The Morgan fingerprint density at radius 2 is 1.96 bits per heavy atom. The normalized spacial score (nSPS) is 13.5. The number of fused-ring (bicyclic) bond motifs is 1. The van der Waals surface area contributed by atoms with E-state index in [2.05, 4.69) is 5.32 Å². The molecular weight excluding hydrogens is 380 g/mol. The molecule has 0 fully saturated rings. The number of rotatable bonds is 7. The molecule has 0 unspecified atom stereocenters. The van der Waals surface area contributed by atoms with E-state index in [4.69, 9.17) is 4.74 Å². The maximum absolute atomic E-state index is 12.3. The van der Waals surface area contributed by atoms with Crippen LogP contribution in [-0.4, -0.2) is 28.7 Å². The molecule has 1 atom stereocenters. The average molecular weight is 400 g/mol. The van der Waals surface area contributed by atoms with Crippen molar-refractivity contribution < 1.29 is 19.2 Å². The molecule has 1 N–H and O–H groups in total. The van der Waals surface area contributed by atoms with Crippen LogP contribution in [0.3, 0.4) is 0 Å². The number of benzene rings is 2. The first-order valence-corrected chi connectivity index (χ1v) is 9.91. The van der Waals surface area contributed by atoms with Gasteiger partial charge in [-0.25, -0.2) is 0 Å². The number of anilines is 1. The largest absolute Gasteiger partial charge is 0.452 e. The fraction of sp³-hybridized carbons (Fsp3) is 0.300. The highest BCUT2D eigenvalue weighted by Gasteiger charge is 2.20. The van der Waals surface area contributed by atoms with Crippen LogP contribution >= 0.6 is 11.8 Å². The van der Waals surface area contributed by atoms with Gasteiger partial charge in [-0.3, -0.25) is 19.7 Å². The lowest BCUT2D eigenvalue weighted by molar-refractivity contribution is -0.387. The smallest absolute Gasteiger partial charge is 0.317 e. The average Bonchev–Trinajstić information content (AvgIpc) is 3.14. The number of hydrogen-bond acceptors (Lipinski definition) is 6. The molecule has 1 amide bonds. The maximum Gasteiger partial charge on any atom is 0.317 e. The summed E-state index contributed by atoms with van der Waals surface area (Å²) in [4.78, 5) is 35.2. The SMILES string of the molecule is C[C@@H](OC(=O)CSc1ccccc1[N+](=O)[O-])C(=O)Nc1ccc2c(c1)CCC2. The zero-order valence-corrected chi connectivity index (χ0v) is 16.2. The summed E-state index contributed by atoms with van der Waals surface area (Å²) in [6, 6.07) is 12.0. The van der Waals surface area contributed by atoms with Crippen LogP contribution in [0.2, 0.25) is 0 Å². The quantitative estimate of drug-likeness (QED) is 0.329. The molecule has 0 radical (unpaired) electrons. The van der Waals surface area contributed by atoms with Crippen LogP contribution in [0.4, 0.5) is 11.4 Å². The number of nitro benzene ring substituents is 1. The first-order chi connectivity index (χ1) is 13.4. The molecule has 28 heavy (non-hydrogen) atoms. The lowest BCUT2D eigenvalue weighted by atomic mass is 10.1. The fourth-order valence-corrected chi connectivity index (χ4v) is 3.85. The van der Waals surface area contributed by atoms with Crippen molar-refractivity contribution in [1.82, 2.24) is 0 Å². The highest BCUT2D eigenvalue weighted by Crippen LogP contribution is 2.29. The number of hydrogen-bond donors (Lipinski definition) is 1. The van der Waals surface area contributed by atoms with E-state index in [-0.39, 0.29) is 11.4 Å². The first-order valence-electron chi connectivity index (χ1n) is 8.92. The van der Waals surface area contributed by atoms with E-state index in [0.29, 0.717) is 10.6 Å². The molecule has 0 saturated heterocycles. The number of thioether (sulfide) groups is 1. The third-order valence-corrected chi connectivity index (χ3v) is 5.49. The third-order valence-electron chi connectivity index (χ3n) is 4.45. The van der Waals surface area contributed by atoms with Crippen LogP contribution in [0, 0.1) is 10.1 Å². The van der Waals surface area contributed by atoms with E-state index in [1.807, 2.05) is 18.2 Å². The van der Waals surface area contributed by atoms with Crippen molar-refractivity contribution in [3.8, 4) is 0 Å².